The van der Waals surface area contributed by atoms with Crippen LogP contribution in [0.2, 0.25) is 0 Å². The first kappa shape index (κ1) is 35.0. The van der Waals surface area contributed by atoms with E-state index in [9.17, 15) is 32.5 Å². The molecular formula is C30H35ClN4O7S2. The zero-order valence-corrected chi connectivity index (χ0v) is 27.0. The summed E-state index contributed by atoms with van der Waals surface area (Å²) in [6.07, 6.45) is 1.80. The van der Waals surface area contributed by atoms with E-state index in [1.165, 1.54) is 24.5 Å². The Morgan fingerprint density at radius 2 is 1.68 bits per heavy atom. The normalized spacial score (nSPS) is 14.9. The second-order valence-corrected chi connectivity index (χ2v) is 14.2. The molecule has 4 atom stereocenters. The standard InChI is InChI=1S/C30H35ClN4O7S2/c1-18(2)28(30(39)33-22(17-27(36)37)16-26(31)43(4)40)34-29(38)25(35-44(41,42)23-13-9-19(3)10-14-23)15-21-12-11-20-7-5-6-8-24(20)32-21/h5-14,16,18,22,25,28,35H,15,17H2,1-4H3,(H,33,39)(H,34,38)(H,36,37)/b26-16+. The average molecular weight is 663 g/mol. The zero-order chi connectivity index (χ0) is 32.6. The molecule has 2 amide bonds. The molecule has 0 saturated heterocycles. The molecule has 0 aliphatic rings. The highest BCUT2D eigenvalue weighted by Gasteiger charge is 2.32. The third kappa shape index (κ3) is 10.0. The van der Waals surface area contributed by atoms with Crippen LogP contribution in [-0.4, -0.2) is 65.2 Å². The Morgan fingerprint density at radius 1 is 1.02 bits per heavy atom. The van der Waals surface area contributed by atoms with Gasteiger partial charge in [-0.15, -0.1) is 0 Å². The lowest BCUT2D eigenvalue weighted by Gasteiger charge is -2.26. The van der Waals surface area contributed by atoms with Crippen molar-refractivity contribution in [1.29, 1.82) is 0 Å². The molecule has 2 aromatic carbocycles. The lowest BCUT2D eigenvalue weighted by Crippen LogP contribution is -2.57. The zero-order valence-electron chi connectivity index (χ0n) is 24.6. The molecule has 14 heteroatoms. The maximum atomic E-state index is 13.7. The number of rotatable bonds is 14. The van der Waals surface area contributed by atoms with Gasteiger partial charge in [0.1, 0.15) is 18.3 Å². The maximum absolute atomic E-state index is 13.7. The van der Waals surface area contributed by atoms with Gasteiger partial charge in [0.05, 0.1) is 22.9 Å². The fourth-order valence-electron chi connectivity index (χ4n) is 4.25. The van der Waals surface area contributed by atoms with Crippen LogP contribution >= 0.6 is 11.6 Å². The minimum absolute atomic E-state index is 0.0426. The van der Waals surface area contributed by atoms with Crippen molar-refractivity contribution in [2.24, 2.45) is 5.92 Å². The van der Waals surface area contributed by atoms with Crippen LogP contribution in [0.15, 0.2) is 76.0 Å². The second-order valence-electron chi connectivity index (χ2n) is 10.6. The van der Waals surface area contributed by atoms with E-state index in [0.717, 1.165) is 10.9 Å². The van der Waals surface area contributed by atoms with Gasteiger partial charge in [0.25, 0.3) is 0 Å². The molecule has 0 spiro atoms. The van der Waals surface area contributed by atoms with Gasteiger partial charge < -0.3 is 20.3 Å². The highest BCUT2D eigenvalue weighted by Crippen LogP contribution is 2.17. The number of fused-ring (bicyclic) bond motifs is 1. The summed E-state index contributed by atoms with van der Waals surface area (Å²) in [4.78, 5) is 43.0. The van der Waals surface area contributed by atoms with Gasteiger partial charge in [0.15, 0.2) is 0 Å². The number of hydrogen-bond acceptors (Lipinski definition) is 7. The van der Waals surface area contributed by atoms with Gasteiger partial charge in [-0.3, -0.25) is 19.4 Å². The lowest BCUT2D eigenvalue weighted by atomic mass is 10.0. The van der Waals surface area contributed by atoms with Crippen LogP contribution < -0.4 is 15.4 Å². The molecule has 1 aromatic heterocycles. The minimum atomic E-state index is -4.17. The van der Waals surface area contributed by atoms with Crippen LogP contribution in [0, 0.1) is 12.8 Å². The molecule has 236 valence electrons. The highest BCUT2D eigenvalue weighted by molar-refractivity contribution is 7.96. The quantitative estimate of drug-likeness (QED) is 0.190. The van der Waals surface area contributed by atoms with E-state index in [2.05, 4.69) is 20.3 Å². The monoisotopic (exact) mass is 662 g/mol. The molecule has 4 unspecified atom stereocenters. The van der Waals surface area contributed by atoms with Crippen LogP contribution in [0.1, 0.15) is 31.5 Å². The summed E-state index contributed by atoms with van der Waals surface area (Å²) < 4.78 is 40.7. The number of carbonyl (C=O) groups excluding carboxylic acids is 2. The van der Waals surface area contributed by atoms with Crippen LogP contribution in [0.5, 0.6) is 0 Å². The van der Waals surface area contributed by atoms with Gasteiger partial charge in [-0.05, 0) is 59.9 Å². The molecule has 3 aromatic rings. The number of hydrogen-bond donors (Lipinski definition) is 4. The Labute approximate surface area is 264 Å². The van der Waals surface area contributed by atoms with Crippen molar-refractivity contribution in [3.63, 3.8) is 0 Å². The molecule has 44 heavy (non-hydrogen) atoms. The number of nitrogens with zero attached hydrogens (tertiary/aromatic N) is 1. The highest BCUT2D eigenvalue weighted by atomic mass is 35.5. The van der Waals surface area contributed by atoms with Gasteiger partial charge in [0.2, 0.25) is 26.2 Å². The number of para-hydroxylation sites is 1. The van der Waals surface area contributed by atoms with Crippen LogP contribution in [0.3, 0.4) is 0 Å². The smallest absolute Gasteiger partial charge is 0.305 e. The predicted molar refractivity (Wildman–Crippen MR) is 170 cm³/mol. The Hall–Kier alpha value is -3.49. The van der Waals surface area contributed by atoms with Crippen LogP contribution in [0.25, 0.3) is 10.9 Å². The molecule has 0 aliphatic heterocycles. The minimum Gasteiger partial charge on any atom is -0.611 e. The molecule has 3 rings (SSSR count). The molecule has 0 aliphatic carbocycles. The summed E-state index contributed by atoms with van der Waals surface area (Å²) in [6, 6.07) is 13.3. The Bertz CT molecular complexity index is 1630. The first-order chi connectivity index (χ1) is 20.7. The van der Waals surface area contributed by atoms with E-state index >= 15 is 0 Å². The van der Waals surface area contributed by atoms with E-state index in [1.54, 1.807) is 38.1 Å². The summed E-state index contributed by atoms with van der Waals surface area (Å²) >= 11 is 4.35. The fraction of sp³-hybridized carbons (Fsp3) is 0.333. The number of amides is 2. The SMILES string of the molecule is Cc1ccc(S(=O)(=O)NC(Cc2ccc3ccccc3n2)C(=O)NC(C(=O)NC(/C=C(\Cl)[S+](C)[O-])CC(=O)O)C(C)C)cc1. The Balaban J connectivity index is 1.91. The number of carbonyl (C=O) groups is 3. The predicted octanol–water partition coefficient (Wildman–Crippen LogP) is 2.99. The van der Waals surface area contributed by atoms with E-state index in [0.29, 0.717) is 11.2 Å². The molecular weight excluding hydrogens is 628 g/mol. The summed E-state index contributed by atoms with van der Waals surface area (Å²) in [5.74, 6) is -3.25. The lowest BCUT2D eigenvalue weighted by molar-refractivity contribution is -0.137. The molecule has 1 heterocycles. The fourth-order valence-corrected chi connectivity index (χ4v) is 5.95. The summed E-state index contributed by atoms with van der Waals surface area (Å²) in [7, 11) is -4.17. The van der Waals surface area contributed by atoms with Crippen molar-refractivity contribution in [3.05, 3.63) is 82.4 Å². The number of carboxylic acid groups (broad SMARTS) is 1. The van der Waals surface area contributed by atoms with Crippen LogP contribution in [-0.2, 0) is 42.0 Å². The number of benzene rings is 2. The number of carboxylic acids is 1. The van der Waals surface area contributed by atoms with Gasteiger partial charge in [-0.25, -0.2) is 8.42 Å². The van der Waals surface area contributed by atoms with Gasteiger partial charge >= 0.3 is 5.97 Å². The van der Waals surface area contributed by atoms with Gasteiger partial charge in [0, 0.05) is 23.6 Å². The molecule has 4 N–H and O–H groups in total. The maximum Gasteiger partial charge on any atom is 0.305 e. The number of halogens is 1. The number of aromatic nitrogens is 1. The average Bonchev–Trinajstić information content (AvgIpc) is 2.94. The number of nitrogens with one attached hydrogen (secondary N) is 3. The summed E-state index contributed by atoms with van der Waals surface area (Å²) in [5, 5.41) is 15.3. The molecule has 0 radical (unpaired) electrons. The Kier molecular flexibility index (Phi) is 12.3. The van der Waals surface area contributed by atoms with Gasteiger partial charge in [-0.2, -0.15) is 4.72 Å². The van der Waals surface area contributed by atoms with Crippen molar-refractivity contribution in [2.45, 2.75) is 56.6 Å². The Morgan fingerprint density at radius 3 is 2.30 bits per heavy atom. The second kappa shape index (κ2) is 15.5. The van der Waals surface area contributed by atoms with E-state index in [1.807, 2.05) is 31.2 Å². The van der Waals surface area contributed by atoms with Gasteiger partial charge in [-0.1, -0.05) is 55.8 Å². The van der Waals surface area contributed by atoms with Crippen LogP contribution in [0.4, 0.5) is 0 Å². The van der Waals surface area contributed by atoms with Crippen molar-refractivity contribution >= 4 is 61.5 Å². The summed E-state index contributed by atoms with van der Waals surface area (Å²) in [5.41, 5.74) is 1.95. The summed E-state index contributed by atoms with van der Waals surface area (Å²) in [6.45, 7) is 5.14. The molecule has 0 bridgehead atoms. The van der Waals surface area contributed by atoms with E-state index in [-0.39, 0.29) is 15.7 Å². The third-order valence-corrected chi connectivity index (χ3v) is 9.54. The number of pyridine rings is 1. The number of sulfonamides is 1. The first-order valence-corrected chi connectivity index (χ1v) is 17.0. The number of aliphatic carboxylic acids is 1. The third-order valence-electron chi connectivity index (χ3n) is 6.59. The van der Waals surface area contributed by atoms with E-state index < -0.39 is 69.4 Å². The molecule has 0 saturated carbocycles. The van der Waals surface area contributed by atoms with Crippen molar-refractivity contribution in [1.82, 2.24) is 20.3 Å². The first-order valence-electron chi connectivity index (χ1n) is 13.6. The number of aryl methyl sites for hydroxylation is 1. The molecule has 0 fully saturated rings. The molecule has 11 nitrogen and oxygen atoms in total. The topological polar surface area (TPSA) is 178 Å². The van der Waals surface area contributed by atoms with Crippen molar-refractivity contribution < 1.29 is 32.5 Å². The largest absolute Gasteiger partial charge is 0.611 e. The van der Waals surface area contributed by atoms with Crippen molar-refractivity contribution in [3.8, 4) is 0 Å². The van der Waals surface area contributed by atoms with E-state index in [4.69, 9.17) is 11.6 Å². The van der Waals surface area contributed by atoms with Crippen molar-refractivity contribution in [2.75, 3.05) is 6.26 Å².